The third-order valence-corrected chi connectivity index (χ3v) is 4.71. The Balaban J connectivity index is 1.87. The molecular formula is C21H26FN3O. The Bertz CT molecular complexity index is 791. The molecule has 0 N–H and O–H groups in total. The SMILES string of the molecule is CCCN1CCN(Cc2cccc(C(=O)N(C)C)c2)c2cc(F)ccc21. The first-order valence-corrected chi connectivity index (χ1v) is 9.09. The minimum Gasteiger partial charge on any atom is -0.368 e. The molecule has 1 aliphatic heterocycles. The van der Waals surface area contributed by atoms with E-state index < -0.39 is 0 Å². The largest absolute Gasteiger partial charge is 0.368 e. The summed E-state index contributed by atoms with van der Waals surface area (Å²) < 4.78 is 13.9. The fourth-order valence-corrected chi connectivity index (χ4v) is 3.45. The van der Waals surface area contributed by atoms with Crippen LogP contribution in [0, 0.1) is 5.82 Å². The molecule has 0 unspecified atom stereocenters. The van der Waals surface area contributed by atoms with E-state index in [1.807, 2.05) is 30.3 Å². The summed E-state index contributed by atoms with van der Waals surface area (Å²) in [6, 6.07) is 12.7. The van der Waals surface area contributed by atoms with Gasteiger partial charge in [0.15, 0.2) is 0 Å². The molecule has 0 saturated carbocycles. The number of hydrogen-bond donors (Lipinski definition) is 0. The van der Waals surface area contributed by atoms with Crippen LogP contribution >= 0.6 is 0 Å². The van der Waals surface area contributed by atoms with E-state index in [1.54, 1.807) is 25.1 Å². The summed E-state index contributed by atoms with van der Waals surface area (Å²) in [5.74, 6) is -0.227. The van der Waals surface area contributed by atoms with E-state index in [4.69, 9.17) is 0 Å². The van der Waals surface area contributed by atoms with E-state index in [2.05, 4.69) is 16.7 Å². The average Bonchev–Trinajstić information content (AvgIpc) is 2.63. The van der Waals surface area contributed by atoms with Crippen molar-refractivity contribution < 1.29 is 9.18 Å². The summed E-state index contributed by atoms with van der Waals surface area (Å²) in [7, 11) is 3.50. The monoisotopic (exact) mass is 355 g/mol. The third kappa shape index (κ3) is 3.82. The van der Waals surface area contributed by atoms with Gasteiger partial charge in [0.2, 0.25) is 0 Å². The highest BCUT2D eigenvalue weighted by molar-refractivity contribution is 5.94. The zero-order chi connectivity index (χ0) is 18.7. The number of nitrogens with zero attached hydrogens (tertiary/aromatic N) is 3. The van der Waals surface area contributed by atoms with Crippen LogP contribution in [-0.2, 0) is 6.54 Å². The molecule has 2 aromatic rings. The van der Waals surface area contributed by atoms with Gasteiger partial charge in [0.05, 0.1) is 11.4 Å². The molecule has 0 aliphatic carbocycles. The number of rotatable bonds is 5. The molecule has 0 bridgehead atoms. The summed E-state index contributed by atoms with van der Waals surface area (Å²) in [5.41, 5.74) is 3.74. The van der Waals surface area contributed by atoms with Gasteiger partial charge >= 0.3 is 0 Å². The lowest BCUT2D eigenvalue weighted by molar-refractivity contribution is 0.0827. The highest BCUT2D eigenvalue weighted by Gasteiger charge is 2.23. The van der Waals surface area contributed by atoms with E-state index in [9.17, 15) is 9.18 Å². The number of amides is 1. The summed E-state index contributed by atoms with van der Waals surface area (Å²) in [4.78, 5) is 18.3. The maximum atomic E-state index is 13.9. The standard InChI is InChI=1S/C21H26FN3O/c1-4-10-24-11-12-25(20-14-18(22)8-9-19(20)24)15-16-6-5-7-17(13-16)21(26)23(2)3/h5-9,13-14H,4,10-12,15H2,1-3H3. The van der Waals surface area contributed by atoms with E-state index in [1.165, 1.54) is 6.07 Å². The number of carbonyl (C=O) groups is 1. The van der Waals surface area contributed by atoms with Gasteiger partial charge in [0.1, 0.15) is 5.82 Å². The molecule has 0 saturated heterocycles. The fraction of sp³-hybridized carbons (Fsp3) is 0.381. The topological polar surface area (TPSA) is 26.8 Å². The van der Waals surface area contributed by atoms with Crippen LogP contribution in [0.15, 0.2) is 42.5 Å². The van der Waals surface area contributed by atoms with Gasteiger partial charge in [-0.3, -0.25) is 4.79 Å². The van der Waals surface area contributed by atoms with Crippen molar-refractivity contribution >= 4 is 17.3 Å². The third-order valence-electron chi connectivity index (χ3n) is 4.71. The Labute approximate surface area is 154 Å². The lowest BCUT2D eigenvalue weighted by Gasteiger charge is -2.39. The molecule has 0 fully saturated rings. The van der Waals surface area contributed by atoms with Gasteiger partial charge in [0, 0.05) is 45.8 Å². The lowest BCUT2D eigenvalue weighted by Crippen LogP contribution is -2.41. The van der Waals surface area contributed by atoms with Gasteiger partial charge in [-0.1, -0.05) is 19.1 Å². The highest BCUT2D eigenvalue weighted by Crippen LogP contribution is 2.34. The molecular weight excluding hydrogens is 329 g/mol. The normalized spacial score (nSPS) is 13.5. The summed E-state index contributed by atoms with van der Waals surface area (Å²) in [6.07, 6.45) is 1.06. The molecule has 1 amide bonds. The number of fused-ring (bicyclic) bond motifs is 1. The van der Waals surface area contributed by atoms with Gasteiger partial charge in [-0.15, -0.1) is 0 Å². The molecule has 0 atom stereocenters. The first kappa shape index (κ1) is 18.2. The van der Waals surface area contributed by atoms with Gasteiger partial charge in [-0.25, -0.2) is 4.39 Å². The second-order valence-corrected chi connectivity index (χ2v) is 6.94. The van der Waals surface area contributed by atoms with E-state index in [-0.39, 0.29) is 11.7 Å². The lowest BCUT2D eigenvalue weighted by atomic mass is 10.1. The molecule has 5 heteroatoms. The van der Waals surface area contributed by atoms with Crippen LogP contribution in [0.2, 0.25) is 0 Å². The second kappa shape index (κ2) is 7.77. The average molecular weight is 355 g/mol. The molecule has 1 heterocycles. The summed E-state index contributed by atoms with van der Waals surface area (Å²) in [5, 5.41) is 0. The van der Waals surface area contributed by atoms with Crippen molar-refractivity contribution in [2.24, 2.45) is 0 Å². The zero-order valence-corrected chi connectivity index (χ0v) is 15.7. The Kier molecular flexibility index (Phi) is 5.45. The van der Waals surface area contributed by atoms with Crippen molar-refractivity contribution in [2.75, 3.05) is 43.5 Å². The molecule has 3 rings (SSSR count). The number of benzene rings is 2. The van der Waals surface area contributed by atoms with Crippen molar-refractivity contribution in [2.45, 2.75) is 19.9 Å². The van der Waals surface area contributed by atoms with Gasteiger partial charge < -0.3 is 14.7 Å². The molecule has 4 nitrogen and oxygen atoms in total. The molecule has 1 aliphatic rings. The maximum Gasteiger partial charge on any atom is 0.253 e. The van der Waals surface area contributed by atoms with E-state index in [0.717, 1.165) is 43.0 Å². The molecule has 2 aromatic carbocycles. The van der Waals surface area contributed by atoms with Crippen LogP contribution in [0.3, 0.4) is 0 Å². The van der Waals surface area contributed by atoms with Crippen LogP contribution in [-0.4, -0.2) is 44.5 Å². The molecule has 26 heavy (non-hydrogen) atoms. The van der Waals surface area contributed by atoms with Crippen molar-refractivity contribution in [1.29, 1.82) is 0 Å². The number of carbonyl (C=O) groups excluding carboxylic acids is 1. The summed E-state index contributed by atoms with van der Waals surface area (Å²) >= 11 is 0. The molecule has 0 spiro atoms. The van der Waals surface area contributed by atoms with Crippen LogP contribution in [0.4, 0.5) is 15.8 Å². The second-order valence-electron chi connectivity index (χ2n) is 6.94. The first-order chi connectivity index (χ1) is 12.5. The number of hydrogen-bond acceptors (Lipinski definition) is 3. The van der Waals surface area contributed by atoms with Gasteiger partial charge in [-0.05, 0) is 42.3 Å². The van der Waals surface area contributed by atoms with E-state index in [0.29, 0.717) is 12.1 Å². The Hall–Kier alpha value is -2.56. The Morgan fingerprint density at radius 2 is 1.85 bits per heavy atom. The smallest absolute Gasteiger partial charge is 0.253 e. The van der Waals surface area contributed by atoms with Crippen LogP contribution in [0.25, 0.3) is 0 Å². The molecule has 0 aromatic heterocycles. The zero-order valence-electron chi connectivity index (χ0n) is 15.7. The quantitative estimate of drug-likeness (QED) is 0.817. The van der Waals surface area contributed by atoms with E-state index >= 15 is 0 Å². The molecule has 0 radical (unpaired) electrons. The Morgan fingerprint density at radius 1 is 1.08 bits per heavy atom. The van der Waals surface area contributed by atoms with Gasteiger partial charge in [-0.2, -0.15) is 0 Å². The van der Waals surface area contributed by atoms with Crippen LogP contribution in [0.5, 0.6) is 0 Å². The van der Waals surface area contributed by atoms with Crippen LogP contribution < -0.4 is 9.80 Å². The Morgan fingerprint density at radius 3 is 2.58 bits per heavy atom. The number of halogens is 1. The van der Waals surface area contributed by atoms with Crippen molar-refractivity contribution in [3.63, 3.8) is 0 Å². The summed E-state index contributed by atoms with van der Waals surface area (Å²) in [6.45, 7) is 5.54. The minimum absolute atomic E-state index is 0.00828. The van der Waals surface area contributed by atoms with Crippen LogP contribution in [0.1, 0.15) is 29.3 Å². The predicted molar refractivity (Wildman–Crippen MR) is 104 cm³/mol. The number of anilines is 2. The predicted octanol–water partition coefficient (Wildman–Crippen LogP) is 3.76. The first-order valence-electron chi connectivity index (χ1n) is 9.09. The van der Waals surface area contributed by atoms with Crippen molar-refractivity contribution in [1.82, 2.24) is 4.90 Å². The molecule has 138 valence electrons. The maximum absolute atomic E-state index is 13.9. The van der Waals surface area contributed by atoms with Crippen molar-refractivity contribution in [3.8, 4) is 0 Å². The fourth-order valence-electron chi connectivity index (χ4n) is 3.45. The van der Waals surface area contributed by atoms with Crippen molar-refractivity contribution in [3.05, 3.63) is 59.4 Å². The van der Waals surface area contributed by atoms with Gasteiger partial charge in [0.25, 0.3) is 5.91 Å². The highest BCUT2D eigenvalue weighted by atomic mass is 19.1. The minimum atomic E-state index is -0.219.